The number of nitrogens with one attached hydrogen (secondary N) is 3. The third-order valence-electron chi connectivity index (χ3n) is 4.69. The number of amides is 3. The number of hydrogen-bond acceptors (Lipinski definition) is 7. The second-order valence-corrected chi connectivity index (χ2v) is 8.95. The van der Waals surface area contributed by atoms with Crippen LogP contribution in [0.2, 0.25) is 0 Å². The lowest BCUT2D eigenvalue weighted by Crippen LogP contribution is -2.19. The van der Waals surface area contributed by atoms with Gasteiger partial charge in [0.25, 0.3) is 0 Å². The summed E-state index contributed by atoms with van der Waals surface area (Å²) in [5, 5.41) is 9.53. The zero-order valence-electron chi connectivity index (χ0n) is 19.4. The maximum Gasteiger partial charge on any atom is 0.323 e. The first-order valence-corrected chi connectivity index (χ1v) is 11.5. The molecule has 0 radical (unpaired) electrons. The average molecular weight is 496 g/mol. The molecule has 2 heterocycles. The van der Waals surface area contributed by atoms with Crippen molar-refractivity contribution in [3.05, 3.63) is 59.2 Å². The molecule has 9 nitrogen and oxygen atoms in total. The number of nitrogen functional groups attached to an aromatic ring is 1. The average Bonchev–Trinajstić information content (AvgIpc) is 3.08. The van der Waals surface area contributed by atoms with Gasteiger partial charge in [-0.3, -0.25) is 4.79 Å². The number of fused-ring (bicyclic) bond motifs is 1. The summed E-state index contributed by atoms with van der Waals surface area (Å²) in [7, 11) is 0. The van der Waals surface area contributed by atoms with Gasteiger partial charge in [-0.25, -0.2) is 19.2 Å². The van der Waals surface area contributed by atoms with E-state index in [1.807, 2.05) is 39.0 Å². The van der Waals surface area contributed by atoms with Crippen LogP contribution in [0.5, 0.6) is 0 Å². The number of aromatic nitrogens is 2. The van der Waals surface area contributed by atoms with E-state index in [1.165, 1.54) is 35.6 Å². The molecule has 0 unspecified atom stereocenters. The molecule has 182 valence electrons. The smallest absolute Gasteiger partial charge is 0.323 e. The SMILES string of the molecule is Cc1sc2nc(NC(C)C)nc(-c3cccc(NC(=O)Nc4ccc(F)cc4)c3)c2c1N.NC=O. The van der Waals surface area contributed by atoms with Crippen molar-refractivity contribution in [2.24, 2.45) is 5.73 Å². The highest BCUT2D eigenvalue weighted by Gasteiger charge is 2.17. The van der Waals surface area contributed by atoms with Crippen LogP contribution < -0.4 is 27.4 Å². The number of carbonyl (C=O) groups excluding carboxylic acids is 2. The van der Waals surface area contributed by atoms with Crippen LogP contribution in [0.1, 0.15) is 18.7 Å². The van der Waals surface area contributed by atoms with Crippen LogP contribution in [-0.2, 0) is 4.79 Å². The number of hydrogen-bond donors (Lipinski definition) is 5. The molecule has 0 aliphatic carbocycles. The molecule has 11 heteroatoms. The summed E-state index contributed by atoms with van der Waals surface area (Å²) < 4.78 is 13.1. The maximum absolute atomic E-state index is 13.1. The fraction of sp³-hybridized carbons (Fsp3) is 0.167. The van der Waals surface area contributed by atoms with E-state index < -0.39 is 6.03 Å². The lowest BCUT2D eigenvalue weighted by molar-refractivity contribution is -0.106. The van der Waals surface area contributed by atoms with Gasteiger partial charge in [-0.1, -0.05) is 12.1 Å². The number of nitrogens with two attached hydrogens (primary N) is 2. The van der Waals surface area contributed by atoms with E-state index in [2.05, 4.69) is 26.7 Å². The van der Waals surface area contributed by atoms with E-state index >= 15 is 0 Å². The molecular weight excluding hydrogens is 469 g/mol. The molecule has 2 aromatic carbocycles. The molecule has 35 heavy (non-hydrogen) atoms. The predicted octanol–water partition coefficient (Wildman–Crippen LogP) is 4.95. The van der Waals surface area contributed by atoms with Crippen molar-refractivity contribution < 1.29 is 14.0 Å². The van der Waals surface area contributed by atoms with Gasteiger partial charge in [0.15, 0.2) is 0 Å². The highest BCUT2D eigenvalue weighted by molar-refractivity contribution is 7.19. The van der Waals surface area contributed by atoms with E-state index in [-0.39, 0.29) is 18.3 Å². The zero-order valence-corrected chi connectivity index (χ0v) is 20.2. The molecule has 0 aliphatic heterocycles. The molecule has 0 bridgehead atoms. The Kier molecular flexibility index (Phi) is 8.16. The number of aryl methyl sites for hydroxylation is 1. The number of rotatable bonds is 5. The fourth-order valence-electron chi connectivity index (χ4n) is 3.24. The Labute approximate surface area is 205 Å². The Bertz CT molecular complexity index is 1340. The number of thiophene rings is 1. The predicted molar refractivity (Wildman–Crippen MR) is 140 cm³/mol. The molecule has 4 aromatic rings. The summed E-state index contributed by atoms with van der Waals surface area (Å²) in [5.74, 6) is 0.158. The topological polar surface area (TPSA) is 148 Å². The van der Waals surface area contributed by atoms with Crippen molar-refractivity contribution >= 4 is 57.0 Å². The standard InChI is InChI=1S/C23H23FN6OS.CH3NO/c1-12(2)26-22-29-20(18-19(25)13(3)32-21(18)30-22)14-5-4-6-17(11-14)28-23(31)27-16-9-7-15(24)8-10-16;2-1-3/h4-12H,25H2,1-3H3,(H,26,29,30)(H2,27,28,31);1H,(H2,2,3). The number of benzene rings is 2. The van der Waals surface area contributed by atoms with Crippen LogP contribution in [0.3, 0.4) is 0 Å². The maximum atomic E-state index is 13.1. The van der Waals surface area contributed by atoms with Gasteiger partial charge in [-0.2, -0.15) is 0 Å². The van der Waals surface area contributed by atoms with Crippen LogP contribution in [0.25, 0.3) is 21.5 Å². The Morgan fingerprint density at radius 1 is 1.09 bits per heavy atom. The Morgan fingerprint density at radius 3 is 2.40 bits per heavy atom. The first kappa shape index (κ1) is 25.4. The van der Waals surface area contributed by atoms with Gasteiger partial charge < -0.3 is 27.4 Å². The molecule has 0 saturated carbocycles. The number of nitrogens with zero attached hydrogens (tertiary/aromatic N) is 2. The number of anilines is 4. The van der Waals surface area contributed by atoms with Crippen LogP contribution in [-0.4, -0.2) is 28.5 Å². The molecule has 0 atom stereocenters. The van der Waals surface area contributed by atoms with Crippen LogP contribution >= 0.6 is 11.3 Å². The molecule has 4 rings (SSSR count). The molecular formula is C24H26FN7O2S. The van der Waals surface area contributed by atoms with Crippen LogP contribution in [0.15, 0.2) is 48.5 Å². The minimum absolute atomic E-state index is 0.168. The molecule has 0 fully saturated rings. The van der Waals surface area contributed by atoms with Gasteiger partial charge in [0.05, 0.1) is 16.8 Å². The van der Waals surface area contributed by atoms with Crippen molar-refractivity contribution in [3.8, 4) is 11.3 Å². The van der Waals surface area contributed by atoms with E-state index in [1.54, 1.807) is 6.07 Å². The highest BCUT2D eigenvalue weighted by atomic mass is 32.1. The number of primary amides is 1. The summed E-state index contributed by atoms with van der Waals surface area (Å²) >= 11 is 1.52. The normalized spacial score (nSPS) is 10.4. The second-order valence-electron chi connectivity index (χ2n) is 7.75. The van der Waals surface area contributed by atoms with Crippen LogP contribution in [0, 0.1) is 12.7 Å². The van der Waals surface area contributed by atoms with Gasteiger partial charge >= 0.3 is 6.03 Å². The third kappa shape index (κ3) is 6.42. The molecule has 0 saturated heterocycles. The Morgan fingerprint density at radius 2 is 1.74 bits per heavy atom. The zero-order chi connectivity index (χ0) is 25.5. The third-order valence-corrected chi connectivity index (χ3v) is 5.70. The van der Waals surface area contributed by atoms with Gasteiger partial charge in [0, 0.05) is 27.9 Å². The molecule has 0 spiro atoms. The minimum Gasteiger partial charge on any atom is -0.397 e. The number of urea groups is 1. The summed E-state index contributed by atoms with van der Waals surface area (Å²) in [6.45, 7) is 6.00. The second kappa shape index (κ2) is 11.3. The summed E-state index contributed by atoms with van der Waals surface area (Å²) in [4.78, 5) is 32.1. The number of halogens is 1. The van der Waals surface area contributed by atoms with Gasteiger partial charge in [0.1, 0.15) is 10.6 Å². The van der Waals surface area contributed by atoms with Crippen molar-refractivity contribution in [2.45, 2.75) is 26.8 Å². The highest BCUT2D eigenvalue weighted by Crippen LogP contribution is 2.39. The monoisotopic (exact) mass is 495 g/mol. The Hall–Kier alpha value is -4.25. The molecule has 3 amide bonds. The van der Waals surface area contributed by atoms with Crippen LogP contribution in [0.4, 0.5) is 32.2 Å². The lowest BCUT2D eigenvalue weighted by atomic mass is 10.1. The van der Waals surface area contributed by atoms with Gasteiger partial charge in [-0.05, 0) is 57.2 Å². The largest absolute Gasteiger partial charge is 0.397 e. The summed E-state index contributed by atoms with van der Waals surface area (Å²) in [5.41, 5.74) is 13.7. The first-order valence-electron chi connectivity index (χ1n) is 10.6. The number of carbonyl (C=O) groups is 2. The molecule has 0 aliphatic rings. The van der Waals surface area contributed by atoms with E-state index in [9.17, 15) is 9.18 Å². The van der Waals surface area contributed by atoms with E-state index in [4.69, 9.17) is 15.5 Å². The fourth-order valence-corrected chi connectivity index (χ4v) is 4.18. The Balaban J connectivity index is 0.00000108. The van der Waals surface area contributed by atoms with E-state index in [0.29, 0.717) is 28.7 Å². The van der Waals surface area contributed by atoms with Crippen molar-refractivity contribution in [3.63, 3.8) is 0 Å². The van der Waals surface area contributed by atoms with Gasteiger partial charge in [0.2, 0.25) is 12.4 Å². The molecule has 2 aromatic heterocycles. The molecule has 7 N–H and O–H groups in total. The van der Waals surface area contributed by atoms with Gasteiger partial charge in [-0.15, -0.1) is 11.3 Å². The van der Waals surface area contributed by atoms with E-state index in [0.717, 1.165) is 20.7 Å². The van der Waals surface area contributed by atoms with Crippen molar-refractivity contribution in [2.75, 3.05) is 21.7 Å². The minimum atomic E-state index is -0.436. The summed E-state index contributed by atoms with van der Waals surface area (Å²) in [6.07, 6.45) is 0.250. The summed E-state index contributed by atoms with van der Waals surface area (Å²) in [6, 6.07) is 12.6. The quantitative estimate of drug-likeness (QED) is 0.247. The van der Waals surface area contributed by atoms with Crippen molar-refractivity contribution in [1.29, 1.82) is 0 Å². The van der Waals surface area contributed by atoms with Crippen molar-refractivity contribution in [1.82, 2.24) is 9.97 Å². The lowest BCUT2D eigenvalue weighted by Gasteiger charge is -2.12. The first-order chi connectivity index (χ1) is 16.7.